The number of hydrogen-bond acceptors (Lipinski definition) is 5. The largest absolute Gasteiger partial charge is 0.462 e. The van der Waals surface area contributed by atoms with Crippen LogP contribution in [-0.4, -0.2) is 40.8 Å². The number of benzene rings is 1. The predicted molar refractivity (Wildman–Crippen MR) is 96.4 cm³/mol. The highest BCUT2D eigenvalue weighted by atomic mass is 16.5. The molecule has 0 aliphatic carbocycles. The van der Waals surface area contributed by atoms with Gasteiger partial charge in [0.15, 0.2) is 0 Å². The second-order valence-electron chi connectivity index (χ2n) is 5.54. The van der Waals surface area contributed by atoms with Gasteiger partial charge in [0.2, 0.25) is 11.8 Å². The third-order valence-electron chi connectivity index (χ3n) is 3.54. The van der Waals surface area contributed by atoms with Crippen molar-refractivity contribution in [1.29, 1.82) is 0 Å². The standard InChI is InChI=1S/C19H21N3O4/c1-3-26-19(25)15-7-9-16(10-8-15)21-18(24)13-22(14(2)23)12-17-6-4-5-11-20-17/h4-11H,3,12-13H2,1-2H3,(H,21,24). The number of aromatic nitrogens is 1. The van der Waals surface area contributed by atoms with E-state index < -0.39 is 5.97 Å². The number of hydrogen-bond donors (Lipinski definition) is 1. The van der Waals surface area contributed by atoms with Crippen LogP contribution in [0, 0.1) is 0 Å². The molecule has 1 heterocycles. The Morgan fingerprint density at radius 3 is 2.42 bits per heavy atom. The van der Waals surface area contributed by atoms with Gasteiger partial charge in [-0.3, -0.25) is 14.6 Å². The maximum absolute atomic E-state index is 12.2. The summed E-state index contributed by atoms with van der Waals surface area (Å²) in [5.74, 6) is -0.966. The third kappa shape index (κ3) is 5.70. The van der Waals surface area contributed by atoms with Crippen LogP contribution in [0.4, 0.5) is 5.69 Å². The highest BCUT2D eigenvalue weighted by molar-refractivity contribution is 5.95. The van der Waals surface area contributed by atoms with Gasteiger partial charge in [0.05, 0.1) is 24.4 Å². The molecular weight excluding hydrogens is 334 g/mol. The quantitative estimate of drug-likeness (QED) is 0.770. The van der Waals surface area contributed by atoms with Gasteiger partial charge in [-0.25, -0.2) is 4.79 Å². The van der Waals surface area contributed by atoms with E-state index in [0.29, 0.717) is 23.6 Å². The molecule has 1 aromatic heterocycles. The highest BCUT2D eigenvalue weighted by Gasteiger charge is 2.15. The van der Waals surface area contributed by atoms with Gasteiger partial charge in [-0.1, -0.05) is 6.07 Å². The van der Waals surface area contributed by atoms with Crippen molar-refractivity contribution in [2.45, 2.75) is 20.4 Å². The number of nitrogens with one attached hydrogen (secondary N) is 1. The van der Waals surface area contributed by atoms with Gasteiger partial charge in [0.25, 0.3) is 0 Å². The highest BCUT2D eigenvalue weighted by Crippen LogP contribution is 2.11. The summed E-state index contributed by atoms with van der Waals surface area (Å²) in [6, 6.07) is 11.8. The lowest BCUT2D eigenvalue weighted by Gasteiger charge is -2.20. The molecule has 2 amide bonds. The molecule has 7 nitrogen and oxygen atoms in total. The molecule has 0 unspecified atom stereocenters. The molecule has 0 bridgehead atoms. The molecule has 2 aromatic rings. The van der Waals surface area contributed by atoms with Gasteiger partial charge < -0.3 is 15.0 Å². The lowest BCUT2D eigenvalue weighted by molar-refractivity contribution is -0.133. The summed E-state index contributed by atoms with van der Waals surface area (Å²) in [6.45, 7) is 3.61. The average Bonchev–Trinajstić information content (AvgIpc) is 2.62. The molecule has 0 aliphatic heterocycles. The maximum atomic E-state index is 12.2. The molecule has 0 fully saturated rings. The van der Waals surface area contributed by atoms with Crippen molar-refractivity contribution in [3.63, 3.8) is 0 Å². The Morgan fingerprint density at radius 1 is 1.12 bits per heavy atom. The molecule has 0 aliphatic rings. The van der Waals surface area contributed by atoms with E-state index in [1.54, 1.807) is 49.5 Å². The zero-order valence-electron chi connectivity index (χ0n) is 14.8. The molecule has 0 atom stereocenters. The minimum absolute atomic E-state index is 0.0917. The summed E-state index contributed by atoms with van der Waals surface area (Å²) < 4.78 is 4.91. The normalized spacial score (nSPS) is 10.1. The Kier molecular flexibility index (Phi) is 6.84. The maximum Gasteiger partial charge on any atom is 0.338 e. The van der Waals surface area contributed by atoms with Crippen molar-refractivity contribution in [1.82, 2.24) is 9.88 Å². The summed E-state index contributed by atoms with van der Waals surface area (Å²) in [7, 11) is 0. The Balaban J connectivity index is 1.95. The van der Waals surface area contributed by atoms with E-state index in [1.807, 2.05) is 6.07 Å². The van der Waals surface area contributed by atoms with Crippen LogP contribution < -0.4 is 5.32 Å². The number of nitrogens with zero attached hydrogens (tertiary/aromatic N) is 2. The van der Waals surface area contributed by atoms with Crippen LogP contribution in [0.1, 0.15) is 29.9 Å². The molecule has 7 heteroatoms. The predicted octanol–water partition coefficient (Wildman–Crippen LogP) is 2.25. The molecule has 1 aromatic carbocycles. The zero-order chi connectivity index (χ0) is 18.9. The van der Waals surface area contributed by atoms with Gasteiger partial charge in [0, 0.05) is 18.8 Å². The molecule has 26 heavy (non-hydrogen) atoms. The summed E-state index contributed by atoms with van der Waals surface area (Å²) in [6.07, 6.45) is 1.64. The van der Waals surface area contributed by atoms with Crippen molar-refractivity contribution in [3.05, 3.63) is 59.9 Å². The lowest BCUT2D eigenvalue weighted by atomic mass is 10.2. The van der Waals surface area contributed by atoms with Crippen molar-refractivity contribution in [3.8, 4) is 0 Å². The van der Waals surface area contributed by atoms with Crippen molar-refractivity contribution in [2.75, 3.05) is 18.5 Å². The number of carbonyl (C=O) groups excluding carboxylic acids is 3. The Hall–Kier alpha value is -3.22. The van der Waals surface area contributed by atoms with E-state index in [9.17, 15) is 14.4 Å². The van der Waals surface area contributed by atoms with Gasteiger partial charge >= 0.3 is 5.97 Å². The number of ether oxygens (including phenoxy) is 1. The first-order valence-corrected chi connectivity index (χ1v) is 8.22. The van der Waals surface area contributed by atoms with Gasteiger partial charge in [-0.2, -0.15) is 0 Å². The zero-order valence-corrected chi connectivity index (χ0v) is 14.8. The molecule has 0 radical (unpaired) electrons. The van der Waals surface area contributed by atoms with Crippen LogP contribution in [0.2, 0.25) is 0 Å². The Morgan fingerprint density at radius 2 is 1.85 bits per heavy atom. The lowest BCUT2D eigenvalue weighted by Crippen LogP contribution is -2.36. The number of anilines is 1. The smallest absolute Gasteiger partial charge is 0.338 e. The van der Waals surface area contributed by atoms with E-state index in [0.717, 1.165) is 0 Å². The van der Waals surface area contributed by atoms with Crippen molar-refractivity contribution < 1.29 is 19.1 Å². The van der Waals surface area contributed by atoms with Crippen LogP contribution in [0.25, 0.3) is 0 Å². The Labute approximate surface area is 152 Å². The number of carbonyl (C=O) groups is 3. The molecule has 0 spiro atoms. The van der Waals surface area contributed by atoms with Gasteiger partial charge in [-0.05, 0) is 43.3 Å². The average molecular weight is 355 g/mol. The van der Waals surface area contributed by atoms with E-state index >= 15 is 0 Å². The first-order valence-electron chi connectivity index (χ1n) is 8.22. The topological polar surface area (TPSA) is 88.6 Å². The monoisotopic (exact) mass is 355 g/mol. The Bertz CT molecular complexity index is 760. The summed E-state index contributed by atoms with van der Waals surface area (Å²) >= 11 is 0. The minimum atomic E-state index is -0.413. The van der Waals surface area contributed by atoms with Crippen LogP contribution in [-0.2, 0) is 20.9 Å². The van der Waals surface area contributed by atoms with Gasteiger partial charge in [0.1, 0.15) is 6.54 Å². The molecular formula is C19H21N3O4. The number of esters is 1. The molecule has 2 rings (SSSR count). The fourth-order valence-electron chi connectivity index (χ4n) is 2.24. The van der Waals surface area contributed by atoms with Crippen molar-refractivity contribution in [2.24, 2.45) is 0 Å². The van der Waals surface area contributed by atoms with E-state index in [2.05, 4.69) is 10.3 Å². The van der Waals surface area contributed by atoms with Crippen molar-refractivity contribution >= 4 is 23.5 Å². The minimum Gasteiger partial charge on any atom is -0.462 e. The first-order chi connectivity index (χ1) is 12.5. The molecule has 0 saturated carbocycles. The fourth-order valence-corrected chi connectivity index (χ4v) is 2.24. The van der Waals surface area contributed by atoms with Gasteiger partial charge in [-0.15, -0.1) is 0 Å². The summed E-state index contributed by atoms with van der Waals surface area (Å²) in [5, 5.41) is 2.71. The number of amides is 2. The van der Waals surface area contributed by atoms with Crippen LogP contribution in [0.5, 0.6) is 0 Å². The van der Waals surface area contributed by atoms with Crippen LogP contribution >= 0.6 is 0 Å². The number of pyridine rings is 1. The molecule has 0 saturated heterocycles. The van der Waals surface area contributed by atoms with E-state index in [1.165, 1.54) is 11.8 Å². The second-order valence-corrected chi connectivity index (χ2v) is 5.54. The third-order valence-corrected chi connectivity index (χ3v) is 3.54. The van der Waals surface area contributed by atoms with E-state index in [-0.39, 0.29) is 24.9 Å². The second kappa shape index (κ2) is 9.31. The summed E-state index contributed by atoms with van der Waals surface area (Å²) in [4.78, 5) is 41.2. The summed E-state index contributed by atoms with van der Waals surface area (Å²) in [5.41, 5.74) is 1.64. The van der Waals surface area contributed by atoms with E-state index in [4.69, 9.17) is 4.74 Å². The van der Waals surface area contributed by atoms with Crippen LogP contribution in [0.3, 0.4) is 0 Å². The first kappa shape index (κ1) is 19.1. The fraction of sp³-hybridized carbons (Fsp3) is 0.263. The SMILES string of the molecule is CCOC(=O)c1ccc(NC(=O)CN(Cc2ccccn2)C(C)=O)cc1. The molecule has 1 N–H and O–H groups in total. The molecule has 136 valence electrons. The van der Waals surface area contributed by atoms with Crippen LogP contribution in [0.15, 0.2) is 48.7 Å². The number of rotatable bonds is 7.